The molecule has 21 heavy (non-hydrogen) atoms. The molecule has 0 aliphatic carbocycles. The van der Waals surface area contributed by atoms with E-state index in [-0.39, 0.29) is 11.1 Å². The second-order valence-electron chi connectivity index (χ2n) is 4.63. The van der Waals surface area contributed by atoms with Crippen molar-refractivity contribution in [2.75, 3.05) is 5.32 Å². The summed E-state index contributed by atoms with van der Waals surface area (Å²) < 4.78 is 0. The molecule has 106 valence electrons. The fourth-order valence-electron chi connectivity index (χ4n) is 2.21. The van der Waals surface area contributed by atoms with Crippen molar-refractivity contribution in [3.63, 3.8) is 0 Å². The largest absolute Gasteiger partial charge is 0.361 e. The third-order valence-corrected chi connectivity index (χ3v) is 3.69. The minimum Gasteiger partial charge on any atom is -0.361 e. The van der Waals surface area contributed by atoms with Crippen LogP contribution in [-0.2, 0) is 0 Å². The molecule has 1 amide bonds. The predicted molar refractivity (Wildman–Crippen MR) is 85.2 cm³/mol. The van der Waals surface area contributed by atoms with Crippen LogP contribution < -0.4 is 5.32 Å². The number of aromatic nitrogens is 2. The fraction of sp³-hybridized carbons (Fsp3) is 0.0667. The molecule has 0 unspecified atom stereocenters. The van der Waals surface area contributed by atoms with E-state index in [1.165, 1.54) is 0 Å². The number of halogens is 2. The molecule has 0 fully saturated rings. The highest BCUT2D eigenvalue weighted by molar-refractivity contribution is 6.35. The third kappa shape index (κ3) is 2.60. The molecule has 0 aliphatic heterocycles. The Kier molecular flexibility index (Phi) is 3.57. The van der Waals surface area contributed by atoms with Gasteiger partial charge in [-0.05, 0) is 36.8 Å². The minimum absolute atomic E-state index is 0.176. The number of pyridine rings is 1. The average Bonchev–Trinajstić information content (AvgIpc) is 2.90. The van der Waals surface area contributed by atoms with Crippen molar-refractivity contribution >= 4 is 45.7 Å². The van der Waals surface area contributed by atoms with Crippen LogP contribution in [0.3, 0.4) is 0 Å². The van der Waals surface area contributed by atoms with Crippen LogP contribution in [0.4, 0.5) is 5.69 Å². The summed E-state index contributed by atoms with van der Waals surface area (Å²) in [6.07, 6.45) is 1.80. The van der Waals surface area contributed by atoms with Crippen LogP contribution in [0.1, 0.15) is 15.9 Å². The number of benzene rings is 1. The maximum atomic E-state index is 12.5. The van der Waals surface area contributed by atoms with Crippen LogP contribution >= 0.6 is 23.2 Å². The highest BCUT2D eigenvalue weighted by Crippen LogP contribution is 2.27. The molecule has 0 radical (unpaired) electrons. The van der Waals surface area contributed by atoms with Gasteiger partial charge < -0.3 is 10.3 Å². The van der Waals surface area contributed by atoms with Gasteiger partial charge in [0.15, 0.2) is 5.15 Å². The van der Waals surface area contributed by atoms with Gasteiger partial charge >= 0.3 is 0 Å². The molecular formula is C15H11Cl2N3O. The van der Waals surface area contributed by atoms with Gasteiger partial charge in [-0.3, -0.25) is 4.79 Å². The van der Waals surface area contributed by atoms with Crippen molar-refractivity contribution in [3.8, 4) is 0 Å². The van der Waals surface area contributed by atoms with Crippen molar-refractivity contribution in [2.45, 2.75) is 6.92 Å². The van der Waals surface area contributed by atoms with E-state index >= 15 is 0 Å². The van der Waals surface area contributed by atoms with Crippen molar-refractivity contribution in [2.24, 2.45) is 0 Å². The number of nitrogens with one attached hydrogen (secondary N) is 2. The highest BCUT2D eigenvalue weighted by Gasteiger charge is 2.15. The summed E-state index contributed by atoms with van der Waals surface area (Å²) >= 11 is 11.9. The first-order chi connectivity index (χ1) is 10.1. The van der Waals surface area contributed by atoms with Gasteiger partial charge in [-0.2, -0.15) is 0 Å². The van der Waals surface area contributed by atoms with E-state index in [1.807, 2.05) is 25.1 Å². The Hall–Kier alpha value is -2.04. The zero-order valence-corrected chi connectivity index (χ0v) is 12.6. The van der Waals surface area contributed by atoms with Gasteiger partial charge in [0.25, 0.3) is 5.91 Å². The van der Waals surface area contributed by atoms with Gasteiger partial charge in [-0.15, -0.1) is 0 Å². The Morgan fingerprint density at radius 3 is 2.86 bits per heavy atom. The number of aryl methyl sites for hydroxylation is 1. The lowest BCUT2D eigenvalue weighted by molar-refractivity contribution is 0.102. The van der Waals surface area contributed by atoms with E-state index < -0.39 is 0 Å². The number of carbonyl (C=O) groups excluding carboxylic acids is 1. The number of nitrogens with zero attached hydrogens (tertiary/aromatic N) is 1. The lowest BCUT2D eigenvalue weighted by Crippen LogP contribution is -2.14. The Balaban J connectivity index is 1.99. The lowest BCUT2D eigenvalue weighted by atomic mass is 10.1. The maximum Gasteiger partial charge on any atom is 0.256 e. The smallest absolute Gasteiger partial charge is 0.256 e. The van der Waals surface area contributed by atoms with Crippen LogP contribution in [0, 0.1) is 6.92 Å². The highest BCUT2D eigenvalue weighted by atomic mass is 35.5. The predicted octanol–water partition coefficient (Wildman–Crippen LogP) is 4.43. The normalized spacial score (nSPS) is 10.8. The van der Waals surface area contributed by atoms with Gasteiger partial charge in [0.1, 0.15) is 5.15 Å². The zero-order chi connectivity index (χ0) is 15.0. The number of hydrogen-bond donors (Lipinski definition) is 2. The molecule has 4 nitrogen and oxygen atoms in total. The Morgan fingerprint density at radius 1 is 1.29 bits per heavy atom. The van der Waals surface area contributed by atoms with Crippen LogP contribution in [0.15, 0.2) is 36.5 Å². The summed E-state index contributed by atoms with van der Waals surface area (Å²) in [5.74, 6) is -0.241. The number of aromatic amines is 1. The first-order valence-electron chi connectivity index (χ1n) is 6.26. The number of amides is 1. The van der Waals surface area contributed by atoms with E-state index in [0.29, 0.717) is 16.4 Å². The zero-order valence-electron chi connectivity index (χ0n) is 11.1. The molecule has 6 heteroatoms. The van der Waals surface area contributed by atoms with Gasteiger partial charge in [0.05, 0.1) is 5.69 Å². The molecule has 0 saturated carbocycles. The number of fused-ring (bicyclic) bond motifs is 1. The molecule has 0 bridgehead atoms. The Labute approximate surface area is 131 Å². The van der Waals surface area contributed by atoms with Crippen molar-refractivity contribution in [3.05, 3.63) is 58.0 Å². The molecule has 2 aromatic heterocycles. The second kappa shape index (κ2) is 5.39. The van der Waals surface area contributed by atoms with E-state index in [0.717, 1.165) is 16.5 Å². The standard InChI is InChI=1S/C15H11Cl2N3O/c1-8-7-12(16)19-14(17)13(8)20-15(21)10-3-2-4-11-9(10)5-6-18-11/h2-7,18H,1H3,(H,20,21). The Morgan fingerprint density at radius 2 is 2.10 bits per heavy atom. The summed E-state index contributed by atoms with van der Waals surface area (Å²) in [6.45, 7) is 1.81. The molecule has 0 aliphatic rings. The fourth-order valence-corrected chi connectivity index (χ4v) is 2.79. The van der Waals surface area contributed by atoms with E-state index in [9.17, 15) is 4.79 Å². The molecule has 2 N–H and O–H groups in total. The summed E-state index contributed by atoms with van der Waals surface area (Å²) in [4.78, 5) is 19.5. The van der Waals surface area contributed by atoms with Crippen LogP contribution in [0.2, 0.25) is 10.3 Å². The first-order valence-corrected chi connectivity index (χ1v) is 7.02. The van der Waals surface area contributed by atoms with E-state index in [4.69, 9.17) is 23.2 Å². The molecule has 2 heterocycles. The number of anilines is 1. The monoisotopic (exact) mass is 319 g/mol. The van der Waals surface area contributed by atoms with E-state index in [1.54, 1.807) is 18.3 Å². The quantitative estimate of drug-likeness (QED) is 0.686. The number of H-pyrrole nitrogens is 1. The topological polar surface area (TPSA) is 57.8 Å². The van der Waals surface area contributed by atoms with Crippen molar-refractivity contribution in [1.29, 1.82) is 0 Å². The average molecular weight is 320 g/mol. The second-order valence-corrected chi connectivity index (χ2v) is 5.37. The third-order valence-electron chi connectivity index (χ3n) is 3.22. The van der Waals surface area contributed by atoms with Crippen LogP contribution in [0.5, 0.6) is 0 Å². The number of rotatable bonds is 2. The molecule has 0 spiro atoms. The summed E-state index contributed by atoms with van der Waals surface area (Å²) in [6, 6.07) is 9.01. The minimum atomic E-state index is -0.241. The van der Waals surface area contributed by atoms with Gasteiger partial charge in [0.2, 0.25) is 0 Å². The van der Waals surface area contributed by atoms with Crippen molar-refractivity contribution in [1.82, 2.24) is 9.97 Å². The summed E-state index contributed by atoms with van der Waals surface area (Å²) in [7, 11) is 0. The summed E-state index contributed by atoms with van der Waals surface area (Å²) in [5.41, 5.74) is 2.70. The molecule has 3 aromatic rings. The SMILES string of the molecule is Cc1cc(Cl)nc(Cl)c1NC(=O)c1cccc2[nH]ccc12. The maximum absolute atomic E-state index is 12.5. The molecule has 1 aromatic carbocycles. The number of hydrogen-bond acceptors (Lipinski definition) is 2. The van der Waals surface area contributed by atoms with Gasteiger partial charge in [-0.25, -0.2) is 4.98 Å². The lowest BCUT2D eigenvalue weighted by Gasteiger charge is -2.10. The van der Waals surface area contributed by atoms with Gasteiger partial charge in [0, 0.05) is 22.7 Å². The number of carbonyl (C=O) groups is 1. The molecular weight excluding hydrogens is 309 g/mol. The molecule has 0 atom stereocenters. The van der Waals surface area contributed by atoms with E-state index in [2.05, 4.69) is 15.3 Å². The summed E-state index contributed by atoms with van der Waals surface area (Å²) in [5, 5.41) is 4.12. The first kappa shape index (κ1) is 13.9. The van der Waals surface area contributed by atoms with Gasteiger partial charge in [-0.1, -0.05) is 29.3 Å². The molecule has 3 rings (SSSR count). The molecule has 0 saturated heterocycles. The van der Waals surface area contributed by atoms with Crippen molar-refractivity contribution < 1.29 is 4.79 Å². The van der Waals surface area contributed by atoms with Crippen LogP contribution in [-0.4, -0.2) is 15.9 Å². The van der Waals surface area contributed by atoms with Crippen LogP contribution in [0.25, 0.3) is 10.9 Å². The Bertz CT molecular complexity index is 819.